The van der Waals surface area contributed by atoms with Gasteiger partial charge in [0.05, 0.1) is 22.8 Å². The van der Waals surface area contributed by atoms with Crippen LogP contribution in [0.25, 0.3) is 0 Å². The van der Waals surface area contributed by atoms with Gasteiger partial charge in [-0.2, -0.15) is 0 Å². The average Bonchev–Trinajstić information content (AvgIpc) is 2.93. The van der Waals surface area contributed by atoms with Crippen LogP contribution >= 0.6 is 15.9 Å². The van der Waals surface area contributed by atoms with Crippen molar-refractivity contribution in [1.29, 1.82) is 0 Å². The summed E-state index contributed by atoms with van der Waals surface area (Å²) in [7, 11) is -2.00. The number of ether oxygens (including phenoxy) is 1. The summed E-state index contributed by atoms with van der Waals surface area (Å²) in [5, 5.41) is 0. The molecule has 1 aromatic rings. The number of rotatable bonds is 6. The maximum absolute atomic E-state index is 13.4. The Kier molecular flexibility index (Phi) is 6.04. The highest BCUT2D eigenvalue weighted by Crippen LogP contribution is 2.42. The highest BCUT2D eigenvalue weighted by Gasteiger charge is 2.47. The standard InChI is InChI=1S/C16H21BrFNO4S/c1-3-24(21,22)19-12-6-7-16(10-12,15(20)23-2)9-11-4-5-14(18)13(17)8-11/h4-5,8,12,19H,3,6-7,9-10H2,1-2H3/t12-,16+/m0/s1. The molecule has 1 N–H and O–H groups in total. The summed E-state index contributed by atoms with van der Waals surface area (Å²) in [4.78, 5) is 12.4. The molecule has 0 aromatic heterocycles. The third kappa shape index (κ3) is 4.34. The van der Waals surface area contributed by atoms with Crippen molar-refractivity contribution in [3.8, 4) is 0 Å². The Balaban J connectivity index is 2.22. The molecular weight excluding hydrogens is 401 g/mol. The van der Waals surface area contributed by atoms with E-state index in [-0.39, 0.29) is 23.6 Å². The van der Waals surface area contributed by atoms with Crippen molar-refractivity contribution in [2.75, 3.05) is 12.9 Å². The van der Waals surface area contributed by atoms with Gasteiger partial charge in [-0.15, -0.1) is 0 Å². The van der Waals surface area contributed by atoms with Crippen molar-refractivity contribution in [1.82, 2.24) is 4.72 Å². The molecule has 8 heteroatoms. The third-order valence-corrected chi connectivity index (χ3v) is 6.54. The van der Waals surface area contributed by atoms with Crippen LogP contribution in [0.5, 0.6) is 0 Å². The van der Waals surface area contributed by atoms with Crippen molar-refractivity contribution in [3.63, 3.8) is 0 Å². The summed E-state index contributed by atoms with van der Waals surface area (Å²) in [6.07, 6.45) is 1.83. The van der Waals surface area contributed by atoms with E-state index < -0.39 is 15.4 Å². The van der Waals surface area contributed by atoms with E-state index in [0.717, 1.165) is 5.56 Å². The molecule has 1 aromatic carbocycles. The molecule has 0 bridgehead atoms. The molecule has 1 aliphatic rings. The van der Waals surface area contributed by atoms with Gasteiger partial charge in [0.25, 0.3) is 0 Å². The molecule has 134 valence electrons. The number of benzene rings is 1. The van der Waals surface area contributed by atoms with Gasteiger partial charge < -0.3 is 4.74 Å². The molecule has 1 aliphatic carbocycles. The second kappa shape index (κ2) is 7.49. The van der Waals surface area contributed by atoms with Crippen LogP contribution in [0.15, 0.2) is 22.7 Å². The van der Waals surface area contributed by atoms with E-state index in [4.69, 9.17) is 4.74 Å². The maximum Gasteiger partial charge on any atom is 0.312 e. The number of sulfonamides is 1. The first-order valence-corrected chi connectivity index (χ1v) is 10.2. The lowest BCUT2D eigenvalue weighted by molar-refractivity contribution is -0.152. The first-order chi connectivity index (χ1) is 11.2. The zero-order valence-electron chi connectivity index (χ0n) is 13.6. The van der Waals surface area contributed by atoms with E-state index in [0.29, 0.717) is 30.2 Å². The summed E-state index contributed by atoms with van der Waals surface area (Å²) in [6.45, 7) is 1.57. The molecule has 5 nitrogen and oxygen atoms in total. The van der Waals surface area contributed by atoms with Gasteiger partial charge >= 0.3 is 5.97 Å². The van der Waals surface area contributed by atoms with E-state index in [1.807, 2.05) is 0 Å². The second-order valence-electron chi connectivity index (χ2n) is 6.16. The Morgan fingerprint density at radius 2 is 2.21 bits per heavy atom. The predicted molar refractivity (Wildman–Crippen MR) is 92.5 cm³/mol. The smallest absolute Gasteiger partial charge is 0.312 e. The highest BCUT2D eigenvalue weighted by atomic mass is 79.9. The maximum atomic E-state index is 13.4. The van der Waals surface area contributed by atoms with Crippen LogP contribution < -0.4 is 4.72 Å². The van der Waals surface area contributed by atoms with Gasteiger partial charge in [0.15, 0.2) is 0 Å². The largest absolute Gasteiger partial charge is 0.469 e. The molecule has 2 rings (SSSR count). The first kappa shape index (κ1) is 19.3. The van der Waals surface area contributed by atoms with Gasteiger partial charge in [-0.25, -0.2) is 17.5 Å². The first-order valence-electron chi connectivity index (χ1n) is 7.74. The molecule has 0 spiro atoms. The third-order valence-electron chi connectivity index (χ3n) is 4.48. The topological polar surface area (TPSA) is 72.5 Å². The van der Waals surface area contributed by atoms with Gasteiger partial charge in [-0.05, 0) is 66.2 Å². The van der Waals surface area contributed by atoms with E-state index in [2.05, 4.69) is 20.7 Å². The van der Waals surface area contributed by atoms with Crippen LogP contribution in [0.3, 0.4) is 0 Å². The summed E-state index contributed by atoms with van der Waals surface area (Å²) < 4.78 is 44.9. The molecule has 1 saturated carbocycles. The van der Waals surface area contributed by atoms with Crippen molar-refractivity contribution >= 4 is 31.9 Å². The monoisotopic (exact) mass is 421 g/mol. The Hall–Kier alpha value is -0.990. The normalized spacial score (nSPS) is 24.1. The number of carbonyl (C=O) groups excluding carboxylic acids is 1. The number of esters is 1. The van der Waals surface area contributed by atoms with E-state index in [1.54, 1.807) is 19.1 Å². The lowest BCUT2D eigenvalue weighted by atomic mass is 9.80. The fraction of sp³-hybridized carbons (Fsp3) is 0.562. The number of nitrogens with one attached hydrogen (secondary N) is 1. The van der Waals surface area contributed by atoms with Crippen LogP contribution in [0, 0.1) is 11.2 Å². The zero-order chi connectivity index (χ0) is 18.0. The van der Waals surface area contributed by atoms with Gasteiger partial charge in [-0.3, -0.25) is 4.79 Å². The van der Waals surface area contributed by atoms with Gasteiger partial charge in [-0.1, -0.05) is 6.07 Å². The summed E-state index contributed by atoms with van der Waals surface area (Å²) in [6, 6.07) is 4.33. The SMILES string of the molecule is CCS(=O)(=O)N[C@H]1CC[C@](Cc2ccc(F)c(Br)c2)(C(=O)OC)C1. The van der Waals surface area contributed by atoms with Crippen molar-refractivity contribution in [2.24, 2.45) is 5.41 Å². The molecule has 24 heavy (non-hydrogen) atoms. The quantitative estimate of drug-likeness (QED) is 0.716. The Morgan fingerprint density at radius 3 is 2.79 bits per heavy atom. The van der Waals surface area contributed by atoms with Crippen molar-refractivity contribution < 1.29 is 22.3 Å². The number of hydrogen-bond donors (Lipinski definition) is 1. The van der Waals surface area contributed by atoms with Crippen molar-refractivity contribution in [3.05, 3.63) is 34.1 Å². The summed E-state index contributed by atoms with van der Waals surface area (Å²) in [5.41, 5.74) is 0.000109. The minimum Gasteiger partial charge on any atom is -0.469 e. The molecule has 1 fully saturated rings. The predicted octanol–water partition coefficient (Wildman–Crippen LogP) is 2.78. The molecule has 0 radical (unpaired) electrons. The fourth-order valence-corrected chi connectivity index (χ4v) is 4.54. The minimum absolute atomic E-state index is 0.000364. The van der Waals surface area contributed by atoms with E-state index >= 15 is 0 Å². The molecule has 0 heterocycles. The molecule has 0 aliphatic heterocycles. The van der Waals surface area contributed by atoms with Crippen LogP contribution in [-0.2, 0) is 26.0 Å². The number of halogens is 2. The Morgan fingerprint density at radius 1 is 1.50 bits per heavy atom. The Labute approximate surface area is 150 Å². The van der Waals surface area contributed by atoms with Gasteiger partial charge in [0.2, 0.25) is 10.0 Å². The molecular formula is C16H21BrFNO4S. The lowest BCUT2D eigenvalue weighted by Crippen LogP contribution is -2.38. The average molecular weight is 422 g/mol. The minimum atomic E-state index is -3.33. The van der Waals surface area contributed by atoms with E-state index in [9.17, 15) is 17.6 Å². The number of hydrogen-bond acceptors (Lipinski definition) is 4. The molecule has 0 saturated heterocycles. The second-order valence-corrected chi connectivity index (χ2v) is 9.06. The lowest BCUT2D eigenvalue weighted by Gasteiger charge is -2.26. The molecule has 0 unspecified atom stereocenters. The van der Waals surface area contributed by atoms with E-state index in [1.165, 1.54) is 13.2 Å². The van der Waals surface area contributed by atoms with Crippen molar-refractivity contribution in [2.45, 2.75) is 38.6 Å². The fourth-order valence-electron chi connectivity index (χ4n) is 3.24. The Bertz CT molecular complexity index is 725. The number of methoxy groups -OCH3 is 1. The number of carbonyl (C=O) groups is 1. The van der Waals surface area contributed by atoms with Gasteiger partial charge in [0, 0.05) is 6.04 Å². The molecule has 2 atom stereocenters. The summed E-state index contributed by atoms with van der Waals surface area (Å²) in [5.74, 6) is -0.730. The molecule has 0 amide bonds. The van der Waals surface area contributed by atoms with Crippen LogP contribution in [0.4, 0.5) is 4.39 Å². The van der Waals surface area contributed by atoms with Gasteiger partial charge in [0.1, 0.15) is 5.82 Å². The van der Waals surface area contributed by atoms with Crippen LogP contribution in [0.2, 0.25) is 0 Å². The highest BCUT2D eigenvalue weighted by molar-refractivity contribution is 9.10. The van der Waals surface area contributed by atoms with Crippen LogP contribution in [-0.4, -0.2) is 33.3 Å². The zero-order valence-corrected chi connectivity index (χ0v) is 16.0. The van der Waals surface area contributed by atoms with Crippen LogP contribution in [0.1, 0.15) is 31.7 Å². The summed E-state index contributed by atoms with van der Waals surface area (Å²) >= 11 is 3.15.